The van der Waals surface area contributed by atoms with Crippen LogP contribution in [-0.2, 0) is 0 Å². The molecule has 0 aliphatic carbocycles. The molecule has 0 spiro atoms. The molecule has 1 fully saturated rings. The molecule has 1 aliphatic heterocycles. The van der Waals surface area contributed by atoms with E-state index < -0.39 is 0 Å². The maximum Gasteiger partial charge on any atom is 0.0414 e. The van der Waals surface area contributed by atoms with Crippen molar-refractivity contribution in [2.24, 2.45) is 0 Å². The third kappa shape index (κ3) is 2.37. The van der Waals surface area contributed by atoms with E-state index in [0.717, 1.165) is 6.54 Å². The smallest absolute Gasteiger partial charge is 0.0414 e. The lowest BCUT2D eigenvalue weighted by atomic mass is 9.96. The van der Waals surface area contributed by atoms with Gasteiger partial charge in [-0.3, -0.25) is 0 Å². The van der Waals surface area contributed by atoms with Crippen molar-refractivity contribution in [1.29, 1.82) is 0 Å². The van der Waals surface area contributed by atoms with E-state index in [4.69, 9.17) is 0 Å². The highest BCUT2D eigenvalue weighted by Gasteiger charge is 2.17. The van der Waals surface area contributed by atoms with Crippen molar-refractivity contribution in [1.82, 2.24) is 5.32 Å². The Morgan fingerprint density at radius 2 is 1.87 bits per heavy atom. The number of rotatable bonds is 1. The minimum atomic E-state index is 0.558. The lowest BCUT2D eigenvalue weighted by Crippen LogP contribution is -2.30. The van der Waals surface area contributed by atoms with Crippen LogP contribution in [0.1, 0.15) is 28.3 Å². The van der Waals surface area contributed by atoms with Crippen LogP contribution in [0.2, 0.25) is 0 Å². The summed E-state index contributed by atoms with van der Waals surface area (Å²) in [5.74, 6) is 2.46. The summed E-state index contributed by atoms with van der Waals surface area (Å²) in [7, 11) is 0. The fourth-order valence-corrected chi connectivity index (χ4v) is 3.09. The van der Waals surface area contributed by atoms with Crippen molar-refractivity contribution in [2.75, 3.05) is 18.1 Å². The van der Waals surface area contributed by atoms with Crippen LogP contribution in [0.15, 0.2) is 12.1 Å². The quantitative estimate of drug-likeness (QED) is 0.782. The molecule has 1 nitrogen and oxygen atoms in total. The second-order valence-electron chi connectivity index (χ2n) is 4.37. The van der Waals surface area contributed by atoms with Crippen LogP contribution in [-0.4, -0.2) is 18.1 Å². The third-order valence-electron chi connectivity index (χ3n) is 3.18. The van der Waals surface area contributed by atoms with Crippen LogP contribution in [0.3, 0.4) is 0 Å². The highest BCUT2D eigenvalue weighted by atomic mass is 32.2. The van der Waals surface area contributed by atoms with Gasteiger partial charge < -0.3 is 5.32 Å². The summed E-state index contributed by atoms with van der Waals surface area (Å²) in [5.41, 5.74) is 5.73. The first-order valence-corrected chi connectivity index (χ1v) is 6.73. The Kier molecular flexibility index (Phi) is 3.37. The average molecular weight is 221 g/mol. The Morgan fingerprint density at radius 1 is 1.13 bits per heavy atom. The number of hydrogen-bond donors (Lipinski definition) is 1. The largest absolute Gasteiger partial charge is 0.308 e. The molecule has 1 saturated heterocycles. The predicted octanol–water partition coefficient (Wildman–Crippen LogP) is 2.99. The second kappa shape index (κ2) is 4.58. The van der Waals surface area contributed by atoms with E-state index in [-0.39, 0.29) is 0 Å². The van der Waals surface area contributed by atoms with Gasteiger partial charge in [-0.25, -0.2) is 0 Å². The predicted molar refractivity (Wildman–Crippen MR) is 68.7 cm³/mol. The zero-order valence-electron chi connectivity index (χ0n) is 9.76. The molecule has 0 radical (unpaired) electrons. The molecule has 0 amide bonds. The lowest BCUT2D eigenvalue weighted by Gasteiger charge is -2.25. The minimum Gasteiger partial charge on any atom is -0.308 e. The van der Waals surface area contributed by atoms with Gasteiger partial charge in [-0.15, -0.1) is 0 Å². The van der Waals surface area contributed by atoms with E-state index in [0.29, 0.717) is 6.04 Å². The molecule has 0 saturated carbocycles. The van der Waals surface area contributed by atoms with Gasteiger partial charge in [0.15, 0.2) is 0 Å². The van der Waals surface area contributed by atoms with Crippen molar-refractivity contribution in [3.8, 4) is 0 Å². The molecule has 1 heterocycles. The molecule has 1 aromatic carbocycles. The Hall–Kier alpha value is -0.470. The van der Waals surface area contributed by atoms with Crippen LogP contribution in [0, 0.1) is 20.8 Å². The van der Waals surface area contributed by atoms with E-state index in [2.05, 4.69) is 50.0 Å². The molecule has 2 rings (SSSR count). The average Bonchev–Trinajstić information content (AvgIpc) is 2.25. The zero-order valence-corrected chi connectivity index (χ0v) is 10.6. The number of benzene rings is 1. The summed E-state index contributed by atoms with van der Waals surface area (Å²) in [6, 6.07) is 5.22. The highest BCUT2D eigenvalue weighted by molar-refractivity contribution is 7.99. The van der Waals surface area contributed by atoms with Crippen molar-refractivity contribution in [3.05, 3.63) is 34.4 Å². The summed E-state index contributed by atoms with van der Waals surface area (Å²) in [6.07, 6.45) is 0. The molecule has 0 aromatic heterocycles. The number of aryl methyl sites for hydroxylation is 3. The minimum absolute atomic E-state index is 0.558. The summed E-state index contributed by atoms with van der Waals surface area (Å²) in [6.45, 7) is 7.76. The standard InChI is InChI=1S/C13H19NS/c1-9-6-11(3)12(7-10(9)2)13-8-15-5-4-14-13/h6-7,13-14H,4-5,8H2,1-3H3. The molecule has 0 bridgehead atoms. The van der Waals surface area contributed by atoms with E-state index in [9.17, 15) is 0 Å². The normalized spacial score (nSPS) is 21.7. The maximum absolute atomic E-state index is 3.60. The molecule has 2 heteroatoms. The first kappa shape index (κ1) is 11.0. The van der Waals surface area contributed by atoms with E-state index in [1.807, 2.05) is 0 Å². The monoisotopic (exact) mass is 221 g/mol. The Morgan fingerprint density at radius 3 is 2.53 bits per heavy atom. The molecule has 1 atom stereocenters. The number of hydrogen-bond acceptors (Lipinski definition) is 2. The van der Waals surface area contributed by atoms with E-state index in [1.165, 1.54) is 33.8 Å². The van der Waals surface area contributed by atoms with Gasteiger partial charge in [0.25, 0.3) is 0 Å². The summed E-state index contributed by atoms with van der Waals surface area (Å²) < 4.78 is 0. The van der Waals surface area contributed by atoms with Crippen molar-refractivity contribution >= 4 is 11.8 Å². The molecule has 82 valence electrons. The first-order valence-electron chi connectivity index (χ1n) is 5.57. The van der Waals surface area contributed by atoms with Gasteiger partial charge in [0, 0.05) is 24.1 Å². The number of nitrogens with one attached hydrogen (secondary N) is 1. The van der Waals surface area contributed by atoms with Crippen LogP contribution in [0.4, 0.5) is 0 Å². The number of thioether (sulfide) groups is 1. The Bertz CT molecular complexity index is 354. The van der Waals surface area contributed by atoms with Crippen LogP contribution < -0.4 is 5.32 Å². The molecule has 1 N–H and O–H groups in total. The van der Waals surface area contributed by atoms with Crippen LogP contribution in [0.5, 0.6) is 0 Å². The molecule has 1 aromatic rings. The van der Waals surface area contributed by atoms with Gasteiger partial charge in [-0.05, 0) is 43.0 Å². The van der Waals surface area contributed by atoms with Crippen molar-refractivity contribution < 1.29 is 0 Å². The third-order valence-corrected chi connectivity index (χ3v) is 4.24. The van der Waals surface area contributed by atoms with Crippen LogP contribution in [0.25, 0.3) is 0 Å². The fraction of sp³-hybridized carbons (Fsp3) is 0.538. The van der Waals surface area contributed by atoms with Gasteiger partial charge in [0.2, 0.25) is 0 Å². The molecule has 1 aliphatic rings. The molecule has 1 unspecified atom stereocenters. The molecular weight excluding hydrogens is 202 g/mol. The lowest BCUT2D eigenvalue weighted by molar-refractivity contribution is 0.592. The SMILES string of the molecule is Cc1cc(C)c(C2CSCCN2)cc1C. The topological polar surface area (TPSA) is 12.0 Å². The van der Waals surface area contributed by atoms with Gasteiger partial charge in [0.1, 0.15) is 0 Å². The Labute approximate surface area is 96.7 Å². The highest BCUT2D eigenvalue weighted by Crippen LogP contribution is 2.26. The van der Waals surface area contributed by atoms with Gasteiger partial charge >= 0.3 is 0 Å². The van der Waals surface area contributed by atoms with Gasteiger partial charge in [0.05, 0.1) is 0 Å². The molecular formula is C13H19NS. The summed E-state index contributed by atoms with van der Waals surface area (Å²) in [4.78, 5) is 0. The van der Waals surface area contributed by atoms with E-state index >= 15 is 0 Å². The Balaban J connectivity index is 2.30. The van der Waals surface area contributed by atoms with Crippen LogP contribution >= 0.6 is 11.8 Å². The summed E-state index contributed by atoms with van der Waals surface area (Å²) >= 11 is 2.05. The molecule has 15 heavy (non-hydrogen) atoms. The van der Waals surface area contributed by atoms with E-state index in [1.54, 1.807) is 0 Å². The summed E-state index contributed by atoms with van der Waals surface area (Å²) in [5, 5.41) is 3.60. The van der Waals surface area contributed by atoms with Crippen molar-refractivity contribution in [3.63, 3.8) is 0 Å². The fourth-order valence-electron chi connectivity index (χ4n) is 2.12. The first-order chi connectivity index (χ1) is 7.18. The van der Waals surface area contributed by atoms with Gasteiger partial charge in [-0.1, -0.05) is 12.1 Å². The second-order valence-corrected chi connectivity index (χ2v) is 5.52. The maximum atomic E-state index is 3.60. The van der Waals surface area contributed by atoms with Crippen molar-refractivity contribution in [2.45, 2.75) is 26.8 Å². The zero-order chi connectivity index (χ0) is 10.8. The van der Waals surface area contributed by atoms with Gasteiger partial charge in [-0.2, -0.15) is 11.8 Å².